The standard InChI is InChI=1S/C13H14N2O4S/c16-15-12(10-6-2-1-3-7-10)13(14-19-15)20(17,18)11-8-4-5-9-11/h1-3,6-7,11H,4-5,8-9H2. The van der Waals surface area contributed by atoms with E-state index in [1.807, 2.05) is 0 Å². The van der Waals surface area contributed by atoms with E-state index in [0.29, 0.717) is 18.4 Å². The summed E-state index contributed by atoms with van der Waals surface area (Å²) in [5, 5.41) is 14.5. The SMILES string of the molecule is O=S(=O)(c1no[n+]([O-])c1-c1ccccc1)C1CCCC1. The summed E-state index contributed by atoms with van der Waals surface area (Å²) in [6.45, 7) is 0. The van der Waals surface area contributed by atoms with Crippen LogP contribution in [0.4, 0.5) is 0 Å². The number of hydrogen-bond donors (Lipinski definition) is 0. The molecule has 7 heteroatoms. The molecular formula is C13H14N2O4S. The van der Waals surface area contributed by atoms with Crippen molar-refractivity contribution in [2.24, 2.45) is 0 Å². The third-order valence-corrected chi connectivity index (χ3v) is 5.80. The van der Waals surface area contributed by atoms with Gasteiger partial charge in [0.15, 0.2) is 0 Å². The molecule has 1 aliphatic rings. The van der Waals surface area contributed by atoms with Gasteiger partial charge in [0.1, 0.15) is 0 Å². The monoisotopic (exact) mass is 294 g/mol. The first-order valence-corrected chi connectivity index (χ1v) is 8.04. The summed E-state index contributed by atoms with van der Waals surface area (Å²) in [5.41, 5.74) is 0.456. The van der Waals surface area contributed by atoms with Crippen molar-refractivity contribution in [3.8, 4) is 11.3 Å². The molecule has 0 bridgehead atoms. The molecule has 6 nitrogen and oxygen atoms in total. The Kier molecular flexibility index (Phi) is 3.21. The van der Waals surface area contributed by atoms with Gasteiger partial charge in [-0.3, -0.25) is 4.63 Å². The van der Waals surface area contributed by atoms with Crippen molar-refractivity contribution in [2.45, 2.75) is 36.0 Å². The summed E-state index contributed by atoms with van der Waals surface area (Å²) >= 11 is 0. The lowest BCUT2D eigenvalue weighted by molar-refractivity contribution is -0.793. The van der Waals surface area contributed by atoms with Crippen LogP contribution in [0.15, 0.2) is 40.0 Å². The van der Waals surface area contributed by atoms with Crippen LogP contribution in [-0.4, -0.2) is 18.8 Å². The van der Waals surface area contributed by atoms with E-state index in [1.165, 1.54) is 0 Å². The van der Waals surface area contributed by atoms with Crippen LogP contribution in [0, 0.1) is 5.21 Å². The van der Waals surface area contributed by atoms with Crippen LogP contribution in [0.1, 0.15) is 25.7 Å². The molecule has 0 atom stereocenters. The van der Waals surface area contributed by atoms with Crippen LogP contribution in [0.25, 0.3) is 11.3 Å². The van der Waals surface area contributed by atoms with Crippen LogP contribution in [-0.2, 0) is 9.84 Å². The lowest BCUT2D eigenvalue weighted by Crippen LogP contribution is -2.27. The highest BCUT2D eigenvalue weighted by atomic mass is 32.2. The third-order valence-electron chi connectivity index (χ3n) is 3.64. The van der Waals surface area contributed by atoms with E-state index in [-0.39, 0.29) is 15.6 Å². The minimum absolute atomic E-state index is 0.0301. The minimum Gasteiger partial charge on any atom is -0.359 e. The normalized spacial score (nSPS) is 16.6. The predicted molar refractivity (Wildman–Crippen MR) is 70.3 cm³/mol. The molecule has 0 aliphatic heterocycles. The highest BCUT2D eigenvalue weighted by molar-refractivity contribution is 7.92. The molecule has 0 saturated heterocycles. The summed E-state index contributed by atoms with van der Waals surface area (Å²) in [6.07, 6.45) is 3.00. The van der Waals surface area contributed by atoms with E-state index < -0.39 is 15.1 Å². The molecule has 1 fully saturated rings. The molecule has 1 aromatic heterocycles. The fourth-order valence-electron chi connectivity index (χ4n) is 2.60. The number of sulfone groups is 1. The molecule has 1 heterocycles. The fourth-order valence-corrected chi connectivity index (χ4v) is 4.47. The van der Waals surface area contributed by atoms with Crippen molar-refractivity contribution in [2.75, 3.05) is 0 Å². The number of hydrogen-bond acceptors (Lipinski definition) is 5. The Hall–Kier alpha value is -1.89. The zero-order valence-electron chi connectivity index (χ0n) is 10.7. The van der Waals surface area contributed by atoms with Gasteiger partial charge in [-0.25, -0.2) is 8.42 Å². The van der Waals surface area contributed by atoms with Crippen molar-refractivity contribution in [1.82, 2.24) is 5.16 Å². The second-order valence-electron chi connectivity index (χ2n) is 4.90. The van der Waals surface area contributed by atoms with E-state index in [9.17, 15) is 13.6 Å². The molecule has 0 amide bonds. The average Bonchev–Trinajstić information content (AvgIpc) is 3.09. The second-order valence-corrected chi connectivity index (χ2v) is 7.04. The summed E-state index contributed by atoms with van der Waals surface area (Å²) in [6, 6.07) is 8.57. The zero-order chi connectivity index (χ0) is 14.2. The molecule has 20 heavy (non-hydrogen) atoms. The van der Waals surface area contributed by atoms with Crippen LogP contribution >= 0.6 is 0 Å². The van der Waals surface area contributed by atoms with Crippen molar-refractivity contribution in [3.05, 3.63) is 35.5 Å². The quantitative estimate of drug-likeness (QED) is 0.804. The van der Waals surface area contributed by atoms with Crippen LogP contribution in [0.2, 0.25) is 0 Å². The van der Waals surface area contributed by atoms with Gasteiger partial charge in [-0.05, 0) is 17.7 Å². The van der Waals surface area contributed by atoms with Gasteiger partial charge in [-0.1, -0.05) is 43.2 Å². The number of aromatic nitrogens is 2. The largest absolute Gasteiger partial charge is 0.359 e. The maximum atomic E-state index is 12.6. The Morgan fingerprint density at radius 3 is 2.50 bits per heavy atom. The van der Waals surface area contributed by atoms with Crippen LogP contribution < -0.4 is 4.90 Å². The molecule has 0 radical (unpaired) electrons. The average molecular weight is 294 g/mol. The molecule has 3 rings (SSSR count). The maximum Gasteiger partial charge on any atom is 0.339 e. The lowest BCUT2D eigenvalue weighted by Gasteiger charge is -2.06. The van der Waals surface area contributed by atoms with Gasteiger partial charge in [0.25, 0.3) is 0 Å². The molecule has 1 aliphatic carbocycles. The molecule has 106 valence electrons. The Labute approximate surface area is 116 Å². The first-order valence-electron chi connectivity index (χ1n) is 6.50. The van der Waals surface area contributed by atoms with E-state index in [0.717, 1.165) is 12.8 Å². The molecule has 0 unspecified atom stereocenters. The van der Waals surface area contributed by atoms with E-state index >= 15 is 0 Å². The third kappa shape index (κ3) is 2.07. The Morgan fingerprint density at radius 2 is 1.85 bits per heavy atom. The summed E-state index contributed by atoms with van der Waals surface area (Å²) in [7, 11) is -3.62. The smallest absolute Gasteiger partial charge is 0.339 e. The van der Waals surface area contributed by atoms with Crippen molar-refractivity contribution in [3.63, 3.8) is 0 Å². The highest BCUT2D eigenvalue weighted by Crippen LogP contribution is 2.32. The molecule has 0 spiro atoms. The molecule has 0 N–H and O–H groups in total. The maximum absolute atomic E-state index is 12.6. The van der Waals surface area contributed by atoms with E-state index in [4.69, 9.17) is 0 Å². The van der Waals surface area contributed by atoms with Gasteiger partial charge < -0.3 is 5.21 Å². The first kappa shape index (κ1) is 13.1. The topological polar surface area (TPSA) is 87.1 Å². The zero-order valence-corrected chi connectivity index (χ0v) is 11.5. The number of benzene rings is 1. The minimum atomic E-state index is -3.62. The van der Waals surface area contributed by atoms with Gasteiger partial charge in [0.2, 0.25) is 15.5 Å². The summed E-state index contributed by atoms with van der Waals surface area (Å²) < 4.78 is 29.7. The molecular weight excluding hydrogens is 280 g/mol. The van der Waals surface area contributed by atoms with Crippen LogP contribution in [0.3, 0.4) is 0 Å². The number of nitrogens with zero attached hydrogens (tertiary/aromatic N) is 2. The lowest BCUT2D eigenvalue weighted by atomic mass is 10.2. The molecule has 1 saturated carbocycles. The second kappa shape index (κ2) is 4.90. The van der Waals surface area contributed by atoms with Gasteiger partial charge in [-0.2, -0.15) is 0 Å². The Morgan fingerprint density at radius 1 is 1.20 bits per heavy atom. The Balaban J connectivity index is 2.12. The summed E-state index contributed by atoms with van der Waals surface area (Å²) in [4.78, 5) is 0.164. The number of rotatable bonds is 3. The molecule has 1 aromatic carbocycles. The van der Waals surface area contributed by atoms with Gasteiger partial charge in [-0.15, -0.1) is 0 Å². The highest BCUT2D eigenvalue weighted by Gasteiger charge is 2.40. The van der Waals surface area contributed by atoms with Gasteiger partial charge >= 0.3 is 5.03 Å². The van der Waals surface area contributed by atoms with Crippen molar-refractivity contribution in [1.29, 1.82) is 0 Å². The fraction of sp³-hybridized carbons (Fsp3) is 0.385. The van der Waals surface area contributed by atoms with Crippen molar-refractivity contribution < 1.29 is 17.9 Å². The summed E-state index contributed by atoms with van der Waals surface area (Å²) in [5.74, 6) is 0. The predicted octanol–water partition coefficient (Wildman–Crippen LogP) is 1.69. The van der Waals surface area contributed by atoms with Crippen LogP contribution in [0.5, 0.6) is 0 Å². The molecule has 2 aromatic rings. The van der Waals surface area contributed by atoms with E-state index in [1.54, 1.807) is 30.3 Å². The van der Waals surface area contributed by atoms with Gasteiger partial charge in [0, 0.05) is 5.56 Å². The van der Waals surface area contributed by atoms with Gasteiger partial charge in [0.05, 0.1) is 10.4 Å². The van der Waals surface area contributed by atoms with E-state index in [2.05, 4.69) is 9.79 Å². The Bertz CT molecular complexity index is 703. The van der Waals surface area contributed by atoms with Crippen molar-refractivity contribution >= 4 is 9.84 Å². The first-order chi connectivity index (χ1) is 9.60.